The standard InChI is InChI=1S/C11H17ClN2O3S2/c1-18-6-4-2-3-5-14-19(16,17)9-7-10(12)11(15)13-8-9/h7-8,14H,2-6H2,1H3,(H,13,15). The number of hydrogen-bond donors (Lipinski definition) is 2. The molecular formula is C11H17ClN2O3S2. The fourth-order valence-electron chi connectivity index (χ4n) is 1.43. The highest BCUT2D eigenvalue weighted by Gasteiger charge is 2.14. The van der Waals surface area contributed by atoms with Gasteiger partial charge in [-0.25, -0.2) is 13.1 Å². The van der Waals surface area contributed by atoms with Gasteiger partial charge in [0.25, 0.3) is 5.56 Å². The third-order valence-electron chi connectivity index (χ3n) is 2.46. The summed E-state index contributed by atoms with van der Waals surface area (Å²) in [6.45, 7) is 0.382. The summed E-state index contributed by atoms with van der Waals surface area (Å²) in [5, 5.41) is -0.136. The van der Waals surface area contributed by atoms with E-state index in [0.717, 1.165) is 37.3 Å². The Bertz CT molecular complexity index is 557. The summed E-state index contributed by atoms with van der Waals surface area (Å²) in [6.07, 6.45) is 6.03. The van der Waals surface area contributed by atoms with E-state index in [4.69, 9.17) is 11.6 Å². The van der Waals surface area contributed by atoms with E-state index in [1.807, 2.05) is 6.26 Å². The van der Waals surface area contributed by atoms with Gasteiger partial charge in [-0.3, -0.25) is 4.79 Å². The molecule has 19 heavy (non-hydrogen) atoms. The van der Waals surface area contributed by atoms with Crippen molar-refractivity contribution in [1.82, 2.24) is 9.71 Å². The van der Waals surface area contributed by atoms with Gasteiger partial charge in [-0.05, 0) is 30.9 Å². The average Bonchev–Trinajstić information content (AvgIpc) is 2.36. The Morgan fingerprint density at radius 3 is 2.74 bits per heavy atom. The highest BCUT2D eigenvalue weighted by atomic mass is 35.5. The molecule has 0 fully saturated rings. The number of rotatable bonds is 8. The van der Waals surface area contributed by atoms with Crippen molar-refractivity contribution >= 4 is 33.4 Å². The molecule has 0 aliphatic heterocycles. The van der Waals surface area contributed by atoms with Crippen LogP contribution in [0.1, 0.15) is 19.3 Å². The van der Waals surface area contributed by atoms with Crippen molar-refractivity contribution in [3.05, 3.63) is 27.6 Å². The van der Waals surface area contributed by atoms with Gasteiger partial charge >= 0.3 is 0 Å². The lowest BCUT2D eigenvalue weighted by atomic mass is 10.2. The van der Waals surface area contributed by atoms with Crippen molar-refractivity contribution in [3.63, 3.8) is 0 Å². The van der Waals surface area contributed by atoms with Crippen LogP contribution in [0.15, 0.2) is 22.0 Å². The number of hydrogen-bond acceptors (Lipinski definition) is 4. The number of aromatic amines is 1. The average molecular weight is 325 g/mol. The second kappa shape index (κ2) is 7.94. The molecule has 8 heteroatoms. The van der Waals surface area contributed by atoms with Crippen molar-refractivity contribution in [3.8, 4) is 0 Å². The Labute approximate surface area is 122 Å². The molecule has 1 rings (SSSR count). The van der Waals surface area contributed by atoms with Gasteiger partial charge in [0, 0.05) is 12.7 Å². The molecular weight excluding hydrogens is 308 g/mol. The summed E-state index contributed by atoms with van der Waals surface area (Å²) in [5.41, 5.74) is -0.502. The van der Waals surface area contributed by atoms with E-state index in [2.05, 4.69) is 9.71 Å². The molecule has 0 saturated heterocycles. The normalized spacial score (nSPS) is 11.7. The van der Waals surface area contributed by atoms with Crippen LogP contribution in [-0.2, 0) is 10.0 Å². The summed E-state index contributed by atoms with van der Waals surface area (Å²) in [6, 6.07) is 1.15. The summed E-state index contributed by atoms with van der Waals surface area (Å²) >= 11 is 7.38. The van der Waals surface area contributed by atoms with Crippen LogP contribution in [0.4, 0.5) is 0 Å². The van der Waals surface area contributed by atoms with E-state index >= 15 is 0 Å². The summed E-state index contributed by atoms with van der Waals surface area (Å²) < 4.78 is 26.3. The van der Waals surface area contributed by atoms with Crippen LogP contribution in [0.2, 0.25) is 5.02 Å². The Hall–Kier alpha value is -0.500. The first-order chi connectivity index (χ1) is 8.97. The number of thioether (sulfide) groups is 1. The predicted molar refractivity (Wildman–Crippen MR) is 79.5 cm³/mol. The van der Waals surface area contributed by atoms with E-state index in [-0.39, 0.29) is 9.92 Å². The predicted octanol–water partition coefficient (Wildman–Crippen LogP) is 1.84. The minimum absolute atomic E-state index is 0.0267. The van der Waals surface area contributed by atoms with Gasteiger partial charge in [-0.2, -0.15) is 11.8 Å². The zero-order valence-electron chi connectivity index (χ0n) is 10.6. The van der Waals surface area contributed by atoms with Crippen LogP contribution >= 0.6 is 23.4 Å². The summed E-state index contributed by atoms with van der Waals surface area (Å²) in [7, 11) is -3.60. The number of sulfonamides is 1. The van der Waals surface area contributed by atoms with Crippen LogP contribution in [0.3, 0.4) is 0 Å². The third-order valence-corrected chi connectivity index (χ3v) is 4.88. The van der Waals surface area contributed by atoms with Gasteiger partial charge < -0.3 is 4.98 Å². The molecule has 0 saturated carbocycles. The summed E-state index contributed by atoms with van der Waals surface area (Å²) in [5.74, 6) is 1.09. The van der Waals surface area contributed by atoms with Gasteiger partial charge in [0.05, 0.1) is 4.90 Å². The fourth-order valence-corrected chi connectivity index (χ4v) is 3.23. The van der Waals surface area contributed by atoms with Crippen LogP contribution in [0.5, 0.6) is 0 Å². The largest absolute Gasteiger partial charge is 0.326 e. The number of H-pyrrole nitrogens is 1. The number of nitrogens with one attached hydrogen (secondary N) is 2. The first-order valence-corrected chi connectivity index (χ1v) is 9.09. The number of aromatic nitrogens is 1. The second-order valence-electron chi connectivity index (χ2n) is 3.96. The molecule has 0 amide bonds. The maximum atomic E-state index is 11.9. The molecule has 0 spiro atoms. The van der Waals surface area contributed by atoms with E-state index in [1.54, 1.807) is 11.8 Å². The minimum atomic E-state index is -3.60. The lowest BCUT2D eigenvalue weighted by molar-refractivity contribution is 0.575. The Morgan fingerprint density at radius 2 is 2.11 bits per heavy atom. The Balaban J connectivity index is 2.51. The lowest BCUT2D eigenvalue weighted by Crippen LogP contribution is -2.25. The van der Waals surface area contributed by atoms with Crippen molar-refractivity contribution in [2.24, 2.45) is 0 Å². The fraction of sp³-hybridized carbons (Fsp3) is 0.545. The van der Waals surface area contributed by atoms with E-state index in [0.29, 0.717) is 6.54 Å². The van der Waals surface area contributed by atoms with Crippen LogP contribution < -0.4 is 10.3 Å². The highest BCUT2D eigenvalue weighted by Crippen LogP contribution is 2.10. The summed E-state index contributed by atoms with van der Waals surface area (Å²) in [4.78, 5) is 13.3. The minimum Gasteiger partial charge on any atom is -0.326 e. The SMILES string of the molecule is CSCCCCCNS(=O)(=O)c1c[nH]c(=O)c(Cl)c1. The molecule has 1 aromatic rings. The monoisotopic (exact) mass is 324 g/mol. The lowest BCUT2D eigenvalue weighted by Gasteiger charge is -2.06. The van der Waals surface area contributed by atoms with Crippen LogP contribution in [-0.4, -0.2) is 32.0 Å². The number of pyridine rings is 1. The van der Waals surface area contributed by atoms with Crippen LogP contribution in [0, 0.1) is 0 Å². The molecule has 1 heterocycles. The zero-order valence-corrected chi connectivity index (χ0v) is 13.0. The van der Waals surface area contributed by atoms with Crippen molar-refractivity contribution in [1.29, 1.82) is 0 Å². The molecule has 0 aliphatic carbocycles. The van der Waals surface area contributed by atoms with Crippen molar-refractivity contribution in [2.45, 2.75) is 24.2 Å². The first kappa shape index (κ1) is 16.6. The van der Waals surface area contributed by atoms with Gasteiger partial charge in [0.1, 0.15) is 5.02 Å². The smallest absolute Gasteiger partial charge is 0.266 e. The van der Waals surface area contributed by atoms with Gasteiger partial charge in [-0.15, -0.1) is 0 Å². The van der Waals surface area contributed by atoms with E-state index < -0.39 is 15.6 Å². The Kier molecular flexibility index (Phi) is 6.92. The van der Waals surface area contributed by atoms with Gasteiger partial charge in [-0.1, -0.05) is 18.0 Å². The van der Waals surface area contributed by atoms with Gasteiger partial charge in [0.15, 0.2) is 0 Å². The Morgan fingerprint density at radius 1 is 1.37 bits per heavy atom. The molecule has 108 valence electrons. The molecule has 0 bridgehead atoms. The molecule has 0 unspecified atom stereocenters. The zero-order chi connectivity index (χ0) is 14.3. The van der Waals surface area contributed by atoms with Crippen LogP contribution in [0.25, 0.3) is 0 Å². The molecule has 2 N–H and O–H groups in total. The second-order valence-corrected chi connectivity index (χ2v) is 7.12. The van der Waals surface area contributed by atoms with Crippen molar-refractivity contribution < 1.29 is 8.42 Å². The van der Waals surface area contributed by atoms with E-state index in [9.17, 15) is 13.2 Å². The molecule has 1 aromatic heterocycles. The molecule has 0 aliphatic rings. The number of halogens is 1. The quantitative estimate of drug-likeness (QED) is 0.715. The molecule has 0 radical (unpaired) electrons. The number of unbranched alkanes of at least 4 members (excludes halogenated alkanes) is 2. The highest BCUT2D eigenvalue weighted by molar-refractivity contribution is 7.98. The first-order valence-electron chi connectivity index (χ1n) is 5.84. The molecule has 0 aromatic carbocycles. The third kappa shape index (κ3) is 5.56. The maximum Gasteiger partial charge on any atom is 0.266 e. The maximum absolute atomic E-state index is 11.9. The topological polar surface area (TPSA) is 79.0 Å². The van der Waals surface area contributed by atoms with Gasteiger partial charge in [0.2, 0.25) is 10.0 Å². The van der Waals surface area contributed by atoms with E-state index in [1.165, 1.54) is 0 Å². The van der Waals surface area contributed by atoms with Crippen molar-refractivity contribution in [2.75, 3.05) is 18.6 Å². The molecule has 5 nitrogen and oxygen atoms in total. The molecule has 0 atom stereocenters.